The van der Waals surface area contributed by atoms with Crippen LogP contribution in [0.3, 0.4) is 0 Å². The molecule has 3 nitrogen and oxygen atoms in total. The van der Waals surface area contributed by atoms with Gasteiger partial charge in [0, 0.05) is 4.88 Å². The lowest BCUT2D eigenvalue weighted by atomic mass is 10.1. The lowest BCUT2D eigenvalue weighted by Gasteiger charge is -2.20. The summed E-state index contributed by atoms with van der Waals surface area (Å²) in [5.41, 5.74) is 5.36. The molecule has 1 aromatic rings. The van der Waals surface area contributed by atoms with Crippen molar-refractivity contribution in [3.8, 4) is 0 Å². The van der Waals surface area contributed by atoms with Crippen LogP contribution in [0.15, 0.2) is 15.9 Å². The highest BCUT2D eigenvalue weighted by atomic mass is 79.9. The van der Waals surface area contributed by atoms with Crippen LogP contribution in [0.5, 0.6) is 0 Å². The Morgan fingerprint density at radius 2 is 2.31 bits per heavy atom. The normalized spacial score (nSPS) is 13.6. The summed E-state index contributed by atoms with van der Waals surface area (Å²) in [7, 11) is 0. The zero-order valence-electron chi connectivity index (χ0n) is 8.38. The van der Waals surface area contributed by atoms with Gasteiger partial charge in [-0.1, -0.05) is 0 Å². The quantitative estimate of drug-likeness (QED) is 0.870. The van der Waals surface area contributed by atoms with E-state index >= 15 is 0 Å². The number of thiophene rings is 1. The predicted molar refractivity (Wildman–Crippen MR) is 60.5 cm³/mol. The van der Waals surface area contributed by atoms with Crippen LogP contribution in [-0.4, -0.2) is 18.5 Å². The average Bonchev–Trinajstić information content (AvgIpc) is 2.64. The van der Waals surface area contributed by atoms with Gasteiger partial charge in [-0.2, -0.15) is 8.78 Å². The summed E-state index contributed by atoms with van der Waals surface area (Å²) < 4.78 is 31.9. The molecule has 0 spiro atoms. The number of hydrogen-bond donors (Lipinski definition) is 1. The van der Waals surface area contributed by atoms with Crippen LogP contribution in [0.4, 0.5) is 8.78 Å². The van der Waals surface area contributed by atoms with Crippen molar-refractivity contribution in [2.75, 3.05) is 6.61 Å². The molecule has 1 atom stereocenters. The minimum Gasteiger partial charge on any atom is -0.462 e. The van der Waals surface area contributed by atoms with Gasteiger partial charge in [0.1, 0.15) is 6.04 Å². The fourth-order valence-corrected chi connectivity index (χ4v) is 2.49. The Hall–Kier alpha value is -0.530. The Morgan fingerprint density at radius 1 is 1.69 bits per heavy atom. The van der Waals surface area contributed by atoms with Crippen molar-refractivity contribution in [3.63, 3.8) is 0 Å². The zero-order chi connectivity index (χ0) is 12.3. The fourth-order valence-electron chi connectivity index (χ4n) is 1.03. The van der Waals surface area contributed by atoms with E-state index in [-0.39, 0.29) is 11.5 Å². The van der Waals surface area contributed by atoms with E-state index in [1.165, 1.54) is 13.0 Å². The highest BCUT2D eigenvalue weighted by Gasteiger charge is 2.48. The van der Waals surface area contributed by atoms with Crippen LogP contribution in [0.1, 0.15) is 17.8 Å². The standard InChI is InChI=1S/C9H10BrF2NO2S/c1-2-15-8(14)9(11,12)7(13)5-3-4-6(10)16-5/h3-4,7H,2,13H2,1H3/t7-/m1/s1. The number of alkyl halides is 2. The Balaban J connectivity index is 2.87. The molecule has 0 fully saturated rings. The molecule has 0 radical (unpaired) electrons. The third-order valence-electron chi connectivity index (χ3n) is 1.84. The Kier molecular flexibility index (Phi) is 4.40. The van der Waals surface area contributed by atoms with Crippen molar-refractivity contribution in [1.29, 1.82) is 0 Å². The van der Waals surface area contributed by atoms with Gasteiger partial charge >= 0.3 is 11.9 Å². The van der Waals surface area contributed by atoms with E-state index in [1.807, 2.05) is 0 Å². The van der Waals surface area contributed by atoms with Crippen LogP contribution in [0, 0.1) is 0 Å². The molecule has 1 aromatic heterocycles. The van der Waals surface area contributed by atoms with Crippen molar-refractivity contribution < 1.29 is 18.3 Å². The molecular weight excluding hydrogens is 304 g/mol. The first-order valence-corrected chi connectivity index (χ1v) is 6.06. The molecule has 0 aliphatic heterocycles. The van der Waals surface area contributed by atoms with Crippen molar-refractivity contribution in [1.82, 2.24) is 0 Å². The number of hydrogen-bond acceptors (Lipinski definition) is 4. The fraction of sp³-hybridized carbons (Fsp3) is 0.444. The maximum atomic E-state index is 13.5. The van der Waals surface area contributed by atoms with Crippen LogP contribution in [0.2, 0.25) is 0 Å². The van der Waals surface area contributed by atoms with Crippen LogP contribution >= 0.6 is 27.3 Å². The molecular formula is C9H10BrF2NO2S. The lowest BCUT2D eigenvalue weighted by Crippen LogP contribution is -2.41. The third-order valence-corrected chi connectivity index (χ3v) is 3.55. The maximum absolute atomic E-state index is 13.5. The summed E-state index contributed by atoms with van der Waals surface area (Å²) in [4.78, 5) is 11.3. The molecule has 0 amide bonds. The molecule has 1 heterocycles. The number of rotatable bonds is 4. The van der Waals surface area contributed by atoms with Gasteiger partial charge in [-0.15, -0.1) is 11.3 Å². The van der Waals surface area contributed by atoms with E-state index in [0.29, 0.717) is 3.79 Å². The number of ether oxygens (including phenoxy) is 1. The van der Waals surface area contributed by atoms with Gasteiger partial charge in [-0.25, -0.2) is 4.79 Å². The summed E-state index contributed by atoms with van der Waals surface area (Å²) in [5.74, 6) is -5.30. The third kappa shape index (κ3) is 2.78. The molecule has 0 saturated heterocycles. The van der Waals surface area contributed by atoms with Crippen molar-refractivity contribution in [3.05, 3.63) is 20.8 Å². The SMILES string of the molecule is CCOC(=O)C(F)(F)[C@H](N)c1ccc(Br)s1. The van der Waals surface area contributed by atoms with Gasteiger partial charge < -0.3 is 10.5 Å². The van der Waals surface area contributed by atoms with E-state index in [1.54, 1.807) is 6.07 Å². The molecule has 0 unspecified atom stereocenters. The van der Waals surface area contributed by atoms with Gasteiger partial charge in [0.25, 0.3) is 0 Å². The van der Waals surface area contributed by atoms with E-state index in [4.69, 9.17) is 5.73 Å². The van der Waals surface area contributed by atoms with Crippen LogP contribution in [0.25, 0.3) is 0 Å². The molecule has 2 N–H and O–H groups in total. The molecule has 0 bridgehead atoms. The minimum absolute atomic E-state index is 0.102. The van der Waals surface area contributed by atoms with Crippen molar-refractivity contribution in [2.45, 2.75) is 18.9 Å². The highest BCUT2D eigenvalue weighted by Crippen LogP contribution is 2.35. The van der Waals surface area contributed by atoms with E-state index in [0.717, 1.165) is 11.3 Å². The first-order chi connectivity index (χ1) is 7.39. The number of nitrogens with two attached hydrogens (primary N) is 1. The number of halogens is 3. The molecule has 0 aliphatic rings. The van der Waals surface area contributed by atoms with Crippen molar-refractivity contribution >= 4 is 33.2 Å². The summed E-state index contributed by atoms with van der Waals surface area (Å²) in [6.07, 6.45) is 0. The summed E-state index contributed by atoms with van der Waals surface area (Å²) in [6.45, 7) is 1.36. The summed E-state index contributed by atoms with van der Waals surface area (Å²) in [5, 5.41) is 0. The summed E-state index contributed by atoms with van der Waals surface area (Å²) in [6, 6.07) is 1.37. The first kappa shape index (κ1) is 13.5. The summed E-state index contributed by atoms with van der Waals surface area (Å²) >= 11 is 4.20. The topological polar surface area (TPSA) is 52.3 Å². The molecule has 0 aliphatic carbocycles. The molecule has 0 saturated carbocycles. The van der Waals surface area contributed by atoms with Gasteiger partial charge in [0.15, 0.2) is 0 Å². The second-order valence-electron chi connectivity index (χ2n) is 2.96. The first-order valence-electron chi connectivity index (χ1n) is 4.45. The molecule has 0 aromatic carbocycles. The van der Waals surface area contributed by atoms with Crippen molar-refractivity contribution in [2.24, 2.45) is 5.73 Å². The Morgan fingerprint density at radius 3 is 2.75 bits per heavy atom. The second-order valence-corrected chi connectivity index (χ2v) is 5.46. The number of esters is 1. The second kappa shape index (κ2) is 5.20. The van der Waals surface area contributed by atoms with E-state index < -0.39 is 17.9 Å². The number of carbonyl (C=O) groups excluding carboxylic acids is 1. The van der Waals surface area contributed by atoms with Gasteiger partial charge in [0.2, 0.25) is 0 Å². The highest BCUT2D eigenvalue weighted by molar-refractivity contribution is 9.11. The molecule has 7 heteroatoms. The molecule has 16 heavy (non-hydrogen) atoms. The Bertz CT molecular complexity index is 383. The largest absolute Gasteiger partial charge is 0.462 e. The molecule has 1 rings (SSSR count). The van der Waals surface area contributed by atoms with Gasteiger partial charge in [-0.05, 0) is 35.0 Å². The smallest absolute Gasteiger partial charge is 0.379 e. The van der Waals surface area contributed by atoms with Crippen LogP contribution in [-0.2, 0) is 9.53 Å². The monoisotopic (exact) mass is 313 g/mol. The van der Waals surface area contributed by atoms with E-state index in [2.05, 4.69) is 20.7 Å². The van der Waals surface area contributed by atoms with E-state index in [9.17, 15) is 13.6 Å². The van der Waals surface area contributed by atoms with Crippen LogP contribution < -0.4 is 5.73 Å². The lowest BCUT2D eigenvalue weighted by molar-refractivity contribution is -0.174. The predicted octanol–water partition coefficient (Wildman–Crippen LogP) is 2.71. The number of carbonyl (C=O) groups is 1. The Labute approximate surface area is 104 Å². The van der Waals surface area contributed by atoms with Gasteiger partial charge in [0.05, 0.1) is 10.4 Å². The minimum atomic E-state index is -3.71. The zero-order valence-corrected chi connectivity index (χ0v) is 10.8. The maximum Gasteiger partial charge on any atom is 0.379 e. The average molecular weight is 314 g/mol. The van der Waals surface area contributed by atoms with Gasteiger partial charge in [-0.3, -0.25) is 0 Å². The molecule has 90 valence electrons.